The lowest BCUT2D eigenvalue weighted by Crippen LogP contribution is -2.56. The number of hydrogen-bond donors (Lipinski definition) is 2. The van der Waals surface area contributed by atoms with E-state index in [0.717, 1.165) is 66.5 Å². The van der Waals surface area contributed by atoms with Crippen molar-refractivity contribution >= 4 is 22.7 Å². The zero-order chi connectivity index (χ0) is 30.9. The molecule has 0 spiro atoms. The Hall–Kier alpha value is -3.26. The van der Waals surface area contributed by atoms with Crippen LogP contribution in [0.25, 0.3) is 22.2 Å². The highest BCUT2D eigenvalue weighted by atomic mass is 19.1. The molecule has 2 aliphatic rings. The lowest BCUT2D eigenvalue weighted by molar-refractivity contribution is -0.141. The fraction of sp³-hybridized carbons (Fsp3) is 0.543. The molecule has 2 fully saturated rings. The monoisotopic (exact) mass is 592 g/mol. The molecule has 5 rings (SSSR count). The number of nitrogens with zero attached hydrogens (tertiary/aromatic N) is 2. The molecule has 6 nitrogen and oxygen atoms in total. The minimum Gasteiger partial charge on any atom is -0.344 e. The molecule has 0 unspecified atom stereocenters. The molecular formula is C35H46F2N4O2. The Kier molecular flexibility index (Phi) is 9.26. The predicted molar refractivity (Wildman–Crippen MR) is 168 cm³/mol. The molecule has 43 heavy (non-hydrogen) atoms. The summed E-state index contributed by atoms with van der Waals surface area (Å²) in [5, 5.41) is 7.48. The summed E-state index contributed by atoms with van der Waals surface area (Å²) in [4.78, 5) is 29.1. The number of carbonyl (C=O) groups excluding carboxylic acids is 2. The SMILES string of the molecule is CC[C@@H](C)C(=O)N[C@H](C(=O)N1CCC[C@H]1Cc1c(-c2ccc(F)cc2)n(C2CCNCC2)c2cc(F)ccc12)C(C)(C)C. The van der Waals surface area contributed by atoms with Crippen LogP contribution in [0.3, 0.4) is 0 Å². The maximum atomic E-state index is 14.8. The molecule has 2 aliphatic heterocycles. The Balaban J connectivity index is 1.57. The number of likely N-dealkylation sites (tertiary alicyclic amines) is 1. The average molecular weight is 593 g/mol. The van der Waals surface area contributed by atoms with Crippen LogP contribution < -0.4 is 10.6 Å². The third-order valence-corrected chi connectivity index (χ3v) is 9.42. The largest absolute Gasteiger partial charge is 0.344 e. The molecule has 0 bridgehead atoms. The van der Waals surface area contributed by atoms with Crippen molar-refractivity contribution in [1.29, 1.82) is 0 Å². The van der Waals surface area contributed by atoms with Gasteiger partial charge in [-0.15, -0.1) is 0 Å². The van der Waals surface area contributed by atoms with Gasteiger partial charge in [-0.2, -0.15) is 0 Å². The van der Waals surface area contributed by atoms with E-state index in [9.17, 15) is 18.4 Å². The molecule has 3 atom stereocenters. The van der Waals surface area contributed by atoms with E-state index in [1.807, 2.05) is 45.6 Å². The lowest BCUT2D eigenvalue weighted by atomic mass is 9.85. The van der Waals surface area contributed by atoms with Gasteiger partial charge in [0.2, 0.25) is 11.8 Å². The molecule has 2 N–H and O–H groups in total. The summed E-state index contributed by atoms with van der Waals surface area (Å²) in [6, 6.07) is 11.0. The van der Waals surface area contributed by atoms with E-state index in [2.05, 4.69) is 15.2 Å². The molecule has 2 amide bonds. The van der Waals surface area contributed by atoms with Crippen LogP contribution in [0.2, 0.25) is 0 Å². The summed E-state index contributed by atoms with van der Waals surface area (Å²) < 4.78 is 31.1. The van der Waals surface area contributed by atoms with Gasteiger partial charge in [-0.3, -0.25) is 9.59 Å². The van der Waals surface area contributed by atoms with Gasteiger partial charge < -0.3 is 20.1 Å². The number of benzene rings is 2. The number of amides is 2. The Morgan fingerprint density at radius 2 is 1.70 bits per heavy atom. The third kappa shape index (κ3) is 6.49. The number of aromatic nitrogens is 1. The van der Waals surface area contributed by atoms with Crippen LogP contribution in [0, 0.1) is 23.0 Å². The number of carbonyl (C=O) groups is 2. The number of fused-ring (bicyclic) bond motifs is 1. The van der Waals surface area contributed by atoms with Gasteiger partial charge in [-0.1, -0.05) is 34.6 Å². The second-order valence-electron chi connectivity index (χ2n) is 13.5. The minimum atomic E-state index is -0.642. The first-order chi connectivity index (χ1) is 20.5. The van der Waals surface area contributed by atoms with Crippen molar-refractivity contribution in [2.45, 2.75) is 91.3 Å². The molecule has 1 aromatic heterocycles. The number of hydrogen-bond acceptors (Lipinski definition) is 3. The summed E-state index contributed by atoms with van der Waals surface area (Å²) in [5.41, 5.74) is 3.29. The number of nitrogens with one attached hydrogen (secondary N) is 2. The maximum absolute atomic E-state index is 14.8. The molecule has 2 aromatic carbocycles. The summed E-state index contributed by atoms with van der Waals surface area (Å²) in [5.74, 6) is -0.923. The van der Waals surface area contributed by atoms with Crippen molar-refractivity contribution in [3.05, 3.63) is 59.7 Å². The first-order valence-corrected chi connectivity index (χ1v) is 15.9. The number of rotatable bonds is 8. The highest BCUT2D eigenvalue weighted by molar-refractivity contribution is 5.93. The van der Waals surface area contributed by atoms with Crippen molar-refractivity contribution in [2.24, 2.45) is 11.3 Å². The van der Waals surface area contributed by atoms with E-state index >= 15 is 0 Å². The molecule has 2 saturated heterocycles. The van der Waals surface area contributed by atoms with E-state index in [1.165, 1.54) is 18.2 Å². The first kappa shape index (κ1) is 31.2. The quantitative estimate of drug-likeness (QED) is 0.309. The zero-order valence-corrected chi connectivity index (χ0v) is 26.2. The van der Waals surface area contributed by atoms with E-state index < -0.39 is 11.5 Å². The maximum Gasteiger partial charge on any atom is 0.245 e. The number of halogens is 2. The fourth-order valence-corrected chi connectivity index (χ4v) is 6.78. The Bertz CT molecular complexity index is 1450. The van der Waals surface area contributed by atoms with Gasteiger partial charge in [0.1, 0.15) is 17.7 Å². The summed E-state index contributed by atoms with van der Waals surface area (Å²) >= 11 is 0. The van der Waals surface area contributed by atoms with Gasteiger partial charge >= 0.3 is 0 Å². The summed E-state index contributed by atoms with van der Waals surface area (Å²) in [6.45, 7) is 12.2. The van der Waals surface area contributed by atoms with Crippen molar-refractivity contribution in [1.82, 2.24) is 20.1 Å². The van der Waals surface area contributed by atoms with Crippen LogP contribution >= 0.6 is 0 Å². The standard InChI is InChI=1S/C35H46F2N4O2/c1-6-22(2)33(42)39-32(35(3,4)5)34(43)40-19-7-8-27(40)21-29-28-14-13-25(37)20-30(28)41(26-15-17-38-18-16-26)31(29)23-9-11-24(36)12-10-23/h9-14,20,22,26-27,32,38H,6-8,15-19,21H2,1-5H3,(H,39,42)/t22-,27+,32-/m1/s1. The normalized spacial score (nSPS) is 19.5. The van der Waals surface area contributed by atoms with E-state index in [4.69, 9.17) is 0 Å². The summed E-state index contributed by atoms with van der Waals surface area (Å²) in [7, 11) is 0. The Morgan fingerprint density at radius 3 is 2.35 bits per heavy atom. The molecule has 0 radical (unpaired) electrons. The van der Waals surface area contributed by atoms with Crippen molar-refractivity contribution in [3.63, 3.8) is 0 Å². The zero-order valence-electron chi connectivity index (χ0n) is 26.2. The second kappa shape index (κ2) is 12.8. The topological polar surface area (TPSA) is 66.4 Å². The van der Waals surface area contributed by atoms with Gasteiger partial charge in [0.05, 0.1) is 11.2 Å². The lowest BCUT2D eigenvalue weighted by Gasteiger charge is -2.36. The van der Waals surface area contributed by atoms with Gasteiger partial charge in [-0.25, -0.2) is 8.78 Å². The molecule has 0 aliphatic carbocycles. The van der Waals surface area contributed by atoms with Crippen LogP contribution in [0.15, 0.2) is 42.5 Å². The fourth-order valence-electron chi connectivity index (χ4n) is 6.78. The van der Waals surface area contributed by atoms with E-state index in [1.54, 1.807) is 18.2 Å². The van der Waals surface area contributed by atoms with Crippen LogP contribution in [-0.4, -0.2) is 53.0 Å². The summed E-state index contributed by atoms with van der Waals surface area (Å²) in [6.07, 6.45) is 4.83. The first-order valence-electron chi connectivity index (χ1n) is 15.9. The van der Waals surface area contributed by atoms with Gasteiger partial charge in [0.25, 0.3) is 0 Å². The number of piperidine rings is 1. The van der Waals surface area contributed by atoms with Crippen LogP contribution in [-0.2, 0) is 16.0 Å². The minimum absolute atomic E-state index is 0.0527. The highest BCUT2D eigenvalue weighted by Gasteiger charge is 2.40. The van der Waals surface area contributed by atoms with Crippen molar-refractivity contribution in [2.75, 3.05) is 19.6 Å². The molecule has 232 valence electrons. The van der Waals surface area contributed by atoms with Crippen LogP contribution in [0.1, 0.15) is 78.3 Å². The van der Waals surface area contributed by atoms with Gasteiger partial charge in [-0.05, 0) is 111 Å². The molecular weight excluding hydrogens is 546 g/mol. The Labute approximate surface area is 254 Å². The van der Waals surface area contributed by atoms with E-state index in [-0.39, 0.29) is 41.5 Å². The van der Waals surface area contributed by atoms with Crippen molar-refractivity contribution < 1.29 is 18.4 Å². The van der Waals surface area contributed by atoms with Crippen LogP contribution in [0.5, 0.6) is 0 Å². The van der Waals surface area contributed by atoms with Gasteiger partial charge in [0.15, 0.2) is 0 Å². The van der Waals surface area contributed by atoms with Crippen molar-refractivity contribution in [3.8, 4) is 11.3 Å². The third-order valence-electron chi connectivity index (χ3n) is 9.42. The highest BCUT2D eigenvalue weighted by Crippen LogP contribution is 2.41. The predicted octanol–water partition coefficient (Wildman–Crippen LogP) is 6.62. The van der Waals surface area contributed by atoms with E-state index in [0.29, 0.717) is 19.4 Å². The Morgan fingerprint density at radius 1 is 1.02 bits per heavy atom. The molecule has 3 heterocycles. The molecule has 0 saturated carbocycles. The van der Waals surface area contributed by atoms with Gasteiger partial charge in [0, 0.05) is 29.9 Å². The smallest absolute Gasteiger partial charge is 0.245 e. The van der Waals surface area contributed by atoms with Crippen LogP contribution in [0.4, 0.5) is 8.78 Å². The molecule has 3 aromatic rings. The second-order valence-corrected chi connectivity index (χ2v) is 13.5. The molecule has 8 heteroatoms. The average Bonchev–Trinajstić information content (AvgIpc) is 3.57.